The molecule has 0 aliphatic rings. The van der Waals surface area contributed by atoms with Crippen LogP contribution in [0.2, 0.25) is 0 Å². The van der Waals surface area contributed by atoms with Gasteiger partial charge in [-0.05, 0) is 26.0 Å². The first-order chi connectivity index (χ1) is 8.45. The Morgan fingerprint density at radius 2 is 1.94 bits per heavy atom. The van der Waals surface area contributed by atoms with Crippen LogP contribution in [0, 0.1) is 12.3 Å². The quantitative estimate of drug-likeness (QED) is 0.609. The molecule has 0 radical (unpaired) electrons. The van der Waals surface area contributed by atoms with Crippen molar-refractivity contribution in [1.82, 2.24) is 4.72 Å². The molecule has 0 spiro atoms. The maximum absolute atomic E-state index is 11.9. The van der Waals surface area contributed by atoms with E-state index in [0.29, 0.717) is 6.61 Å². The van der Waals surface area contributed by atoms with Crippen LogP contribution in [0.25, 0.3) is 0 Å². The molecule has 0 amide bonds. The molecule has 2 N–H and O–H groups in total. The molecule has 5 nitrogen and oxygen atoms in total. The van der Waals surface area contributed by atoms with E-state index in [9.17, 15) is 8.42 Å². The van der Waals surface area contributed by atoms with E-state index in [1.165, 1.54) is 0 Å². The van der Waals surface area contributed by atoms with Gasteiger partial charge in [0.05, 0.1) is 11.5 Å². The van der Waals surface area contributed by atoms with Crippen molar-refractivity contribution in [2.24, 2.45) is 0 Å². The SMILES string of the molecule is CCOC(=N)CCNS(=O)(=O)c1ccc(C)cc1. The van der Waals surface area contributed by atoms with Gasteiger partial charge in [0.1, 0.15) is 0 Å². The highest BCUT2D eigenvalue weighted by Gasteiger charge is 2.13. The standard InChI is InChI=1S/C12H18N2O3S/c1-3-17-12(13)8-9-14-18(15,16)11-6-4-10(2)5-7-11/h4-7,13-14H,3,8-9H2,1-2H3. The van der Waals surface area contributed by atoms with Gasteiger partial charge in [0.15, 0.2) is 5.90 Å². The Labute approximate surface area is 108 Å². The molecule has 100 valence electrons. The van der Waals surface area contributed by atoms with Crippen molar-refractivity contribution < 1.29 is 13.2 Å². The van der Waals surface area contributed by atoms with E-state index in [2.05, 4.69) is 4.72 Å². The van der Waals surface area contributed by atoms with Crippen LogP contribution in [-0.2, 0) is 14.8 Å². The van der Waals surface area contributed by atoms with Crippen LogP contribution in [-0.4, -0.2) is 27.5 Å². The smallest absolute Gasteiger partial charge is 0.240 e. The molecule has 0 atom stereocenters. The maximum atomic E-state index is 11.9. The number of hydrogen-bond donors (Lipinski definition) is 2. The molecule has 0 aromatic heterocycles. The van der Waals surface area contributed by atoms with Crippen LogP contribution in [0.4, 0.5) is 0 Å². The number of rotatable bonds is 6. The third-order valence-corrected chi connectivity index (χ3v) is 3.77. The third kappa shape index (κ3) is 4.46. The summed E-state index contributed by atoms with van der Waals surface area (Å²) in [7, 11) is -3.49. The van der Waals surface area contributed by atoms with Gasteiger partial charge in [-0.1, -0.05) is 17.7 Å². The Morgan fingerprint density at radius 1 is 1.33 bits per heavy atom. The Balaban J connectivity index is 2.55. The van der Waals surface area contributed by atoms with E-state index >= 15 is 0 Å². The molecule has 0 bridgehead atoms. The number of hydrogen-bond acceptors (Lipinski definition) is 4. The second-order valence-corrected chi connectivity index (χ2v) is 5.58. The molecule has 18 heavy (non-hydrogen) atoms. The summed E-state index contributed by atoms with van der Waals surface area (Å²) in [5.74, 6) is 0.0871. The average molecular weight is 270 g/mol. The largest absolute Gasteiger partial charge is 0.481 e. The average Bonchev–Trinajstić information content (AvgIpc) is 2.29. The summed E-state index contributed by atoms with van der Waals surface area (Å²) in [5, 5.41) is 7.37. The lowest BCUT2D eigenvalue weighted by atomic mass is 10.2. The fraction of sp³-hybridized carbons (Fsp3) is 0.417. The third-order valence-electron chi connectivity index (χ3n) is 2.29. The first-order valence-corrected chi connectivity index (χ1v) is 7.20. The minimum Gasteiger partial charge on any atom is -0.481 e. The van der Waals surface area contributed by atoms with E-state index in [-0.39, 0.29) is 23.8 Å². The minimum absolute atomic E-state index is 0.0871. The van der Waals surface area contributed by atoms with Gasteiger partial charge in [-0.25, -0.2) is 13.1 Å². The highest BCUT2D eigenvalue weighted by atomic mass is 32.2. The molecule has 0 aliphatic heterocycles. The molecule has 6 heteroatoms. The zero-order chi connectivity index (χ0) is 13.6. The van der Waals surface area contributed by atoms with Gasteiger partial charge in [0, 0.05) is 13.0 Å². The Bertz CT molecular complexity index is 495. The van der Waals surface area contributed by atoms with Crippen LogP contribution in [0.1, 0.15) is 18.9 Å². The van der Waals surface area contributed by atoms with Crippen molar-refractivity contribution >= 4 is 15.9 Å². The number of ether oxygens (including phenoxy) is 1. The summed E-state index contributed by atoms with van der Waals surface area (Å²) in [5.41, 5.74) is 1.01. The number of aryl methyl sites for hydroxylation is 1. The predicted octanol–water partition coefficient (Wildman–Crippen LogP) is 1.68. The first-order valence-electron chi connectivity index (χ1n) is 5.72. The van der Waals surface area contributed by atoms with Gasteiger partial charge >= 0.3 is 0 Å². The van der Waals surface area contributed by atoms with E-state index in [4.69, 9.17) is 10.1 Å². The fourth-order valence-corrected chi connectivity index (χ4v) is 2.38. The molecule has 1 rings (SSSR count). The lowest BCUT2D eigenvalue weighted by molar-refractivity contribution is 0.314. The van der Waals surface area contributed by atoms with Gasteiger partial charge in [-0.15, -0.1) is 0 Å². The molecule has 0 saturated carbocycles. The normalized spacial score (nSPS) is 11.2. The lowest BCUT2D eigenvalue weighted by Crippen LogP contribution is -2.26. The summed E-state index contributed by atoms with van der Waals surface area (Å²) in [6.45, 7) is 4.26. The maximum Gasteiger partial charge on any atom is 0.240 e. The molecule has 0 saturated heterocycles. The van der Waals surface area contributed by atoms with Crippen molar-refractivity contribution in [2.75, 3.05) is 13.2 Å². The van der Waals surface area contributed by atoms with Crippen LogP contribution in [0.3, 0.4) is 0 Å². The molecule has 0 aliphatic carbocycles. The second kappa shape index (κ2) is 6.51. The monoisotopic (exact) mass is 270 g/mol. The van der Waals surface area contributed by atoms with Crippen LogP contribution < -0.4 is 4.72 Å². The summed E-state index contributed by atoms with van der Waals surface area (Å²) < 4.78 is 31.1. The molecule has 0 fully saturated rings. The lowest BCUT2D eigenvalue weighted by Gasteiger charge is -2.08. The van der Waals surface area contributed by atoms with Crippen molar-refractivity contribution in [3.63, 3.8) is 0 Å². The molecular weight excluding hydrogens is 252 g/mol. The van der Waals surface area contributed by atoms with Crippen molar-refractivity contribution in [3.05, 3.63) is 29.8 Å². The molecule has 1 aromatic rings. The van der Waals surface area contributed by atoms with Crippen LogP contribution >= 0.6 is 0 Å². The van der Waals surface area contributed by atoms with Crippen molar-refractivity contribution in [3.8, 4) is 0 Å². The van der Waals surface area contributed by atoms with Gasteiger partial charge in [-0.2, -0.15) is 0 Å². The molecular formula is C12H18N2O3S. The van der Waals surface area contributed by atoms with E-state index < -0.39 is 10.0 Å². The predicted molar refractivity (Wildman–Crippen MR) is 70.3 cm³/mol. The molecule has 0 heterocycles. The van der Waals surface area contributed by atoms with E-state index in [1.54, 1.807) is 31.2 Å². The Morgan fingerprint density at radius 3 is 2.50 bits per heavy atom. The minimum atomic E-state index is -3.49. The second-order valence-electron chi connectivity index (χ2n) is 3.82. The Kier molecular flexibility index (Phi) is 5.30. The van der Waals surface area contributed by atoms with Gasteiger partial charge in [0.2, 0.25) is 10.0 Å². The fourth-order valence-electron chi connectivity index (χ4n) is 1.35. The van der Waals surface area contributed by atoms with Crippen molar-refractivity contribution in [1.29, 1.82) is 5.41 Å². The highest BCUT2D eigenvalue weighted by Crippen LogP contribution is 2.09. The number of nitrogens with one attached hydrogen (secondary N) is 2. The zero-order valence-corrected chi connectivity index (χ0v) is 11.4. The summed E-state index contributed by atoms with van der Waals surface area (Å²) in [4.78, 5) is 0.232. The zero-order valence-electron chi connectivity index (χ0n) is 10.6. The molecule has 0 unspecified atom stereocenters. The van der Waals surface area contributed by atoms with Gasteiger partial charge in [-0.3, -0.25) is 5.41 Å². The summed E-state index contributed by atoms with van der Waals surface area (Å²) >= 11 is 0. The topological polar surface area (TPSA) is 79.2 Å². The van der Waals surface area contributed by atoms with Gasteiger partial charge in [0.25, 0.3) is 0 Å². The number of benzene rings is 1. The summed E-state index contributed by atoms with van der Waals surface area (Å²) in [6, 6.07) is 6.62. The van der Waals surface area contributed by atoms with Crippen molar-refractivity contribution in [2.45, 2.75) is 25.2 Å². The highest BCUT2D eigenvalue weighted by molar-refractivity contribution is 7.89. The van der Waals surface area contributed by atoms with Crippen LogP contribution in [0.15, 0.2) is 29.2 Å². The summed E-state index contributed by atoms with van der Waals surface area (Å²) in [6.07, 6.45) is 0.249. The first kappa shape index (κ1) is 14.7. The van der Waals surface area contributed by atoms with E-state index in [0.717, 1.165) is 5.56 Å². The van der Waals surface area contributed by atoms with Crippen LogP contribution in [0.5, 0.6) is 0 Å². The van der Waals surface area contributed by atoms with E-state index in [1.807, 2.05) is 6.92 Å². The van der Waals surface area contributed by atoms with Gasteiger partial charge < -0.3 is 4.74 Å². The molecule has 1 aromatic carbocycles. The number of sulfonamides is 1. The Hall–Kier alpha value is -1.40.